The van der Waals surface area contributed by atoms with Gasteiger partial charge in [0.1, 0.15) is 41.5 Å². The average molecular weight is 960 g/mol. The number of ether oxygens (including phenoxy) is 1. The van der Waals surface area contributed by atoms with E-state index in [1.54, 1.807) is 0 Å². The molecule has 0 saturated heterocycles. The molecule has 0 aliphatic rings. The second-order valence-electron chi connectivity index (χ2n) is 16.3. The van der Waals surface area contributed by atoms with Gasteiger partial charge in [-0.05, 0) is 60.6 Å². The largest absolute Gasteiger partial charge is 0.478 e. The summed E-state index contributed by atoms with van der Waals surface area (Å²) in [4.78, 5) is 21.9. The van der Waals surface area contributed by atoms with Gasteiger partial charge < -0.3 is 21.9 Å². The number of aryl methyl sites for hydroxylation is 2. The predicted octanol–water partition coefficient (Wildman–Crippen LogP) is 9.01. The molecule has 0 bridgehead atoms. The summed E-state index contributed by atoms with van der Waals surface area (Å²) >= 11 is 3.27. The van der Waals surface area contributed by atoms with Crippen molar-refractivity contribution in [3.63, 3.8) is 0 Å². The number of aromatic nitrogens is 8. The molecule has 338 valence electrons. The van der Waals surface area contributed by atoms with E-state index < -0.39 is 5.54 Å². The molecule has 0 fully saturated rings. The molecule has 0 spiro atoms. The van der Waals surface area contributed by atoms with Crippen LogP contribution in [0.25, 0.3) is 44.6 Å². The maximum absolute atomic E-state index is 7.41. The van der Waals surface area contributed by atoms with E-state index in [2.05, 4.69) is 111 Å². The van der Waals surface area contributed by atoms with Crippen LogP contribution in [-0.2, 0) is 15.8 Å². The van der Waals surface area contributed by atoms with E-state index in [4.69, 9.17) is 37.5 Å². The first kappa shape index (κ1) is 49.3. The lowest BCUT2D eigenvalue weighted by Crippen LogP contribution is -2.36. The Morgan fingerprint density at radius 3 is 1.54 bits per heavy atom. The van der Waals surface area contributed by atoms with Gasteiger partial charge in [0, 0.05) is 44.9 Å². The molecule has 4 heterocycles. The third-order valence-electron chi connectivity index (χ3n) is 10.3. The molecular formula is C48H56BrClN14O. The fraction of sp³-hybridized carbons (Fsp3) is 0.250. The zero-order chi connectivity index (χ0) is 46.0. The Labute approximate surface area is 394 Å². The van der Waals surface area contributed by atoms with Crippen LogP contribution in [0, 0.1) is 19.3 Å². The zero-order valence-electron chi connectivity index (χ0n) is 37.6. The Morgan fingerprint density at radius 1 is 0.677 bits per heavy atom. The number of halogens is 2. The number of fused-ring (bicyclic) bond motifs is 2. The maximum Gasteiger partial charge on any atom is 0.213 e. The topological polar surface area (TPSA) is 223 Å². The van der Waals surface area contributed by atoms with Crippen LogP contribution >= 0.6 is 28.6 Å². The summed E-state index contributed by atoms with van der Waals surface area (Å²) in [7, 11) is 0. The van der Waals surface area contributed by atoms with Crippen molar-refractivity contribution >= 4 is 74.0 Å². The molecule has 0 radical (unpaired) electrons. The van der Waals surface area contributed by atoms with Crippen molar-refractivity contribution < 1.29 is 4.74 Å². The van der Waals surface area contributed by atoms with Crippen molar-refractivity contribution in [2.24, 2.45) is 10.7 Å². The number of nitrogens with zero attached hydrogens (tertiary/aromatic N) is 9. The molecular weight excluding hydrogens is 904 g/mol. The van der Waals surface area contributed by atoms with Crippen LogP contribution in [0.3, 0.4) is 0 Å². The first-order valence-electron chi connectivity index (χ1n) is 20.7. The van der Waals surface area contributed by atoms with Crippen molar-refractivity contribution in [1.29, 1.82) is 5.41 Å². The number of nitrogens with two attached hydrogens (primary N) is 3. The van der Waals surface area contributed by atoms with Crippen LogP contribution in [0.2, 0.25) is 0 Å². The number of aliphatic imine (C=N–C) groups is 1. The molecule has 8 rings (SSSR count). The van der Waals surface area contributed by atoms with E-state index in [0.29, 0.717) is 42.8 Å². The van der Waals surface area contributed by atoms with Gasteiger partial charge >= 0.3 is 0 Å². The molecule has 17 heteroatoms. The van der Waals surface area contributed by atoms with Gasteiger partial charge in [0.2, 0.25) is 5.90 Å². The van der Waals surface area contributed by atoms with Crippen LogP contribution in [0.1, 0.15) is 56.9 Å². The maximum atomic E-state index is 7.41. The summed E-state index contributed by atoms with van der Waals surface area (Å²) in [5.74, 6) is 1.59. The summed E-state index contributed by atoms with van der Waals surface area (Å²) in [6.45, 7) is 15.9. The van der Waals surface area contributed by atoms with E-state index in [1.807, 2.05) is 101 Å². The third-order valence-corrected chi connectivity index (χ3v) is 10.6. The zero-order valence-corrected chi connectivity index (χ0v) is 40.0. The minimum absolute atomic E-state index is 0. The Kier molecular flexibility index (Phi) is 16.5. The number of nitrogens with one attached hydrogen (secondary N) is 2. The van der Waals surface area contributed by atoms with Crippen molar-refractivity contribution in [3.05, 3.63) is 144 Å². The molecule has 0 aliphatic heterocycles. The van der Waals surface area contributed by atoms with Crippen LogP contribution in [-0.4, -0.2) is 70.9 Å². The molecule has 8 N–H and O–H groups in total. The quantitative estimate of drug-likeness (QED) is 0.0467. The van der Waals surface area contributed by atoms with Crippen LogP contribution in [0.15, 0.2) is 127 Å². The van der Waals surface area contributed by atoms with Crippen molar-refractivity contribution in [2.45, 2.75) is 59.5 Å². The number of benzene rings is 4. The molecule has 0 atom stereocenters. The molecule has 0 amide bonds. The number of amidine groups is 1. The van der Waals surface area contributed by atoms with Crippen LogP contribution in [0.4, 0.5) is 11.6 Å². The first-order chi connectivity index (χ1) is 30.6. The molecule has 15 nitrogen and oxygen atoms in total. The lowest BCUT2D eigenvalue weighted by atomic mass is 10.1. The van der Waals surface area contributed by atoms with E-state index in [1.165, 1.54) is 23.8 Å². The highest BCUT2D eigenvalue weighted by Crippen LogP contribution is 2.34. The van der Waals surface area contributed by atoms with E-state index in [9.17, 15) is 0 Å². The normalized spacial score (nSPS) is 11.5. The van der Waals surface area contributed by atoms with Gasteiger partial charge in [-0.25, -0.2) is 29.3 Å². The third kappa shape index (κ3) is 11.7. The fourth-order valence-electron chi connectivity index (χ4n) is 6.72. The van der Waals surface area contributed by atoms with Gasteiger partial charge in [-0.3, -0.25) is 14.7 Å². The van der Waals surface area contributed by atoms with Gasteiger partial charge in [-0.1, -0.05) is 108 Å². The van der Waals surface area contributed by atoms with Gasteiger partial charge in [0.05, 0.1) is 35.0 Å². The van der Waals surface area contributed by atoms with E-state index >= 15 is 0 Å². The molecule has 0 saturated carbocycles. The summed E-state index contributed by atoms with van der Waals surface area (Å²) in [5.41, 5.74) is 26.8. The van der Waals surface area contributed by atoms with Gasteiger partial charge in [-0.15, -0.1) is 12.4 Å². The Hall–Kier alpha value is -6.75. The second-order valence-corrected chi connectivity index (χ2v) is 16.9. The highest BCUT2D eigenvalue weighted by molar-refractivity contribution is 9.08. The number of nitrogen functional groups attached to an aromatic ring is 2. The Morgan fingerprint density at radius 2 is 1.11 bits per heavy atom. The van der Waals surface area contributed by atoms with Crippen molar-refractivity contribution in [1.82, 2.24) is 43.8 Å². The highest BCUT2D eigenvalue weighted by atomic mass is 79.9. The summed E-state index contributed by atoms with van der Waals surface area (Å²) in [5, 5.41) is 18.7. The molecule has 4 aromatic carbocycles. The van der Waals surface area contributed by atoms with E-state index in [0.717, 1.165) is 50.1 Å². The highest BCUT2D eigenvalue weighted by Gasteiger charge is 2.29. The molecule has 0 aliphatic carbocycles. The molecule has 8 aromatic rings. The van der Waals surface area contributed by atoms with Crippen LogP contribution < -0.4 is 21.5 Å². The number of anilines is 2. The van der Waals surface area contributed by atoms with Crippen molar-refractivity contribution in [2.75, 3.05) is 31.2 Å². The van der Waals surface area contributed by atoms with Gasteiger partial charge in [0.15, 0.2) is 11.3 Å². The van der Waals surface area contributed by atoms with Gasteiger partial charge in [-0.2, -0.15) is 10.2 Å². The number of rotatable bonds is 11. The minimum Gasteiger partial charge on any atom is -0.478 e. The lowest BCUT2D eigenvalue weighted by Gasteiger charge is -2.24. The van der Waals surface area contributed by atoms with Gasteiger partial charge in [0.25, 0.3) is 0 Å². The smallest absolute Gasteiger partial charge is 0.213 e. The minimum atomic E-state index is -0.485. The number of hydrogen-bond donors (Lipinski definition) is 5. The average Bonchev–Trinajstić information content (AvgIpc) is 3.90. The SMILES string of the molecule is CCOC(=N)c1ccccc1.Cc1ccc(-c2nn(C(C)(C)CN=C(N)c3ccccc3)c3ncnc(N)c23)cc1.Cc1ccc(-c2nn(C(C)(C)CNBr)c3ncnc(N)c23)cc1.Cl. The summed E-state index contributed by atoms with van der Waals surface area (Å²) in [6.07, 6.45) is 2.94. The monoisotopic (exact) mass is 958 g/mol. The molecule has 0 unspecified atom stereocenters. The summed E-state index contributed by atoms with van der Waals surface area (Å²) < 4.78 is 11.8. The van der Waals surface area contributed by atoms with E-state index in [-0.39, 0.29) is 23.8 Å². The lowest BCUT2D eigenvalue weighted by molar-refractivity contribution is 0.325. The Bertz CT molecular complexity index is 2840. The molecule has 4 aromatic heterocycles. The fourth-order valence-corrected chi connectivity index (χ4v) is 7.41. The van der Waals surface area contributed by atoms with Crippen LogP contribution in [0.5, 0.6) is 0 Å². The second kappa shape index (κ2) is 21.8. The number of hydrogen-bond acceptors (Lipinski definition) is 12. The predicted molar refractivity (Wildman–Crippen MR) is 270 cm³/mol. The molecule has 65 heavy (non-hydrogen) atoms. The standard InChI is InChI=1S/C23H25N7.C16H19BrN6.C9H11NO.ClH/c1-15-9-11-16(12-10-15)19-18-21(25)27-14-28-22(18)30(29-19)23(2,3)13-26-20(24)17-7-5-4-6-8-17;1-10-4-6-11(7-5-10)13-12-14(18)19-9-20-15(12)23(22-13)16(2,3)8-21-17;1-2-11-9(10)8-6-4-3-5-7-8;/h4-12,14H,13H2,1-3H3,(H2,24,26)(H2,25,27,28);4-7,9,21H,8H2,1-3H3,(H2,18,19,20);3-7,10H,2H2,1H3;1H. The summed E-state index contributed by atoms with van der Waals surface area (Å²) in [6, 6.07) is 35.5. The van der Waals surface area contributed by atoms with Crippen molar-refractivity contribution in [3.8, 4) is 22.5 Å². The Balaban J connectivity index is 0.000000200. The first-order valence-corrected chi connectivity index (χ1v) is 21.5.